The Morgan fingerprint density at radius 3 is 2.36 bits per heavy atom. The lowest BCUT2D eigenvalue weighted by Crippen LogP contribution is -2.31. The van der Waals surface area contributed by atoms with Gasteiger partial charge in [0.2, 0.25) is 0 Å². The highest BCUT2D eigenvalue weighted by Crippen LogP contribution is 2.11. The largest absolute Gasteiger partial charge is 0.305 e. The van der Waals surface area contributed by atoms with Crippen molar-refractivity contribution in [3.05, 3.63) is 0 Å². The quantitative estimate of drug-likeness (QED) is 0.525. The second kappa shape index (κ2) is 6.05. The van der Waals surface area contributed by atoms with E-state index in [1.54, 1.807) is 6.92 Å². The molecule has 0 rings (SSSR count). The van der Waals surface area contributed by atoms with E-state index >= 15 is 0 Å². The molecule has 0 aliphatic carbocycles. The maximum atomic E-state index is 11.6. The molecule has 1 atom stereocenters. The summed E-state index contributed by atoms with van der Waals surface area (Å²) in [4.78, 5) is 0. The molecule has 0 amide bonds. The second-order valence-corrected chi connectivity index (χ2v) is 6.17. The lowest BCUT2D eigenvalue weighted by molar-refractivity contribution is 0.544. The van der Waals surface area contributed by atoms with Crippen LogP contribution in [-0.2, 0) is 9.84 Å². The van der Waals surface area contributed by atoms with E-state index in [4.69, 9.17) is 6.42 Å². The average Bonchev–Trinajstić information content (AvgIpc) is 2.11. The van der Waals surface area contributed by atoms with E-state index in [-0.39, 0.29) is 16.9 Å². The summed E-state index contributed by atoms with van der Waals surface area (Å²) >= 11 is 0. The summed E-state index contributed by atoms with van der Waals surface area (Å²) in [5.41, 5.74) is 0. The van der Waals surface area contributed by atoms with Crippen LogP contribution in [0.3, 0.4) is 0 Å². The first-order valence-corrected chi connectivity index (χ1v) is 6.49. The standard InChI is InChI=1S/C10H19NO2S/c1-5-6-11-7-8-14(12,13)10(4)9(2)3/h1,9-11H,6-8H2,2-4H3. The van der Waals surface area contributed by atoms with Gasteiger partial charge in [0.15, 0.2) is 9.84 Å². The third-order valence-corrected chi connectivity index (χ3v) is 4.75. The summed E-state index contributed by atoms with van der Waals surface area (Å²) in [6.45, 7) is 6.44. The molecule has 1 unspecified atom stereocenters. The minimum atomic E-state index is -2.97. The number of rotatable bonds is 6. The lowest BCUT2D eigenvalue weighted by Gasteiger charge is -2.16. The van der Waals surface area contributed by atoms with Crippen LogP contribution < -0.4 is 5.32 Å². The van der Waals surface area contributed by atoms with Crippen molar-refractivity contribution < 1.29 is 8.42 Å². The number of hydrogen-bond donors (Lipinski definition) is 1. The fourth-order valence-corrected chi connectivity index (χ4v) is 2.61. The van der Waals surface area contributed by atoms with E-state index in [2.05, 4.69) is 11.2 Å². The van der Waals surface area contributed by atoms with Gasteiger partial charge in [-0.1, -0.05) is 19.8 Å². The van der Waals surface area contributed by atoms with Crippen LogP contribution >= 0.6 is 0 Å². The van der Waals surface area contributed by atoms with Crippen molar-refractivity contribution in [2.24, 2.45) is 5.92 Å². The topological polar surface area (TPSA) is 46.2 Å². The molecule has 0 aliphatic heterocycles. The molecule has 0 saturated heterocycles. The van der Waals surface area contributed by atoms with Crippen LogP contribution in [0.25, 0.3) is 0 Å². The number of hydrogen-bond acceptors (Lipinski definition) is 3. The van der Waals surface area contributed by atoms with Gasteiger partial charge in [-0.25, -0.2) is 8.42 Å². The van der Waals surface area contributed by atoms with Crippen molar-refractivity contribution in [3.63, 3.8) is 0 Å². The zero-order valence-corrected chi connectivity index (χ0v) is 9.89. The summed E-state index contributed by atoms with van der Waals surface area (Å²) in [6, 6.07) is 0. The first-order chi connectivity index (χ1) is 6.41. The van der Waals surface area contributed by atoms with Crippen molar-refractivity contribution in [3.8, 4) is 12.3 Å². The summed E-state index contributed by atoms with van der Waals surface area (Å²) in [7, 11) is -2.97. The third kappa shape index (κ3) is 4.64. The minimum Gasteiger partial charge on any atom is -0.305 e. The normalized spacial score (nSPS) is 13.9. The van der Waals surface area contributed by atoms with Crippen LogP contribution in [0.5, 0.6) is 0 Å². The molecule has 0 bridgehead atoms. The summed E-state index contributed by atoms with van der Waals surface area (Å²) in [5, 5.41) is 2.59. The Hall–Kier alpha value is -0.530. The first kappa shape index (κ1) is 13.5. The molecule has 1 N–H and O–H groups in total. The lowest BCUT2D eigenvalue weighted by atomic mass is 10.2. The fraction of sp³-hybridized carbons (Fsp3) is 0.800. The van der Waals surface area contributed by atoms with E-state index in [1.165, 1.54) is 0 Å². The van der Waals surface area contributed by atoms with Gasteiger partial charge in [0.25, 0.3) is 0 Å². The highest BCUT2D eigenvalue weighted by molar-refractivity contribution is 7.92. The molecule has 0 aromatic rings. The van der Waals surface area contributed by atoms with E-state index < -0.39 is 9.84 Å². The summed E-state index contributed by atoms with van der Waals surface area (Å²) in [5.74, 6) is 2.72. The van der Waals surface area contributed by atoms with Gasteiger partial charge in [-0.2, -0.15) is 0 Å². The molecule has 0 heterocycles. The van der Waals surface area contributed by atoms with Crippen molar-refractivity contribution in [2.75, 3.05) is 18.8 Å². The van der Waals surface area contributed by atoms with Gasteiger partial charge in [0.1, 0.15) is 0 Å². The second-order valence-electron chi connectivity index (χ2n) is 3.70. The van der Waals surface area contributed by atoms with Crippen LogP contribution in [0, 0.1) is 18.3 Å². The molecule has 0 aromatic carbocycles. The molecule has 0 aromatic heterocycles. The molecule has 3 nitrogen and oxygen atoms in total. The number of nitrogens with one attached hydrogen (secondary N) is 1. The van der Waals surface area contributed by atoms with Gasteiger partial charge in [0, 0.05) is 6.54 Å². The molecule has 0 fully saturated rings. The van der Waals surface area contributed by atoms with E-state index in [0.29, 0.717) is 13.1 Å². The van der Waals surface area contributed by atoms with Crippen molar-refractivity contribution >= 4 is 9.84 Å². The molecular formula is C10H19NO2S. The fourth-order valence-electron chi connectivity index (χ4n) is 0.976. The molecule has 0 radical (unpaired) electrons. The molecule has 14 heavy (non-hydrogen) atoms. The van der Waals surface area contributed by atoms with E-state index in [9.17, 15) is 8.42 Å². The number of terminal acetylenes is 1. The van der Waals surface area contributed by atoms with Crippen LogP contribution in [-0.4, -0.2) is 32.5 Å². The maximum absolute atomic E-state index is 11.6. The first-order valence-electron chi connectivity index (χ1n) is 4.77. The van der Waals surface area contributed by atoms with E-state index in [1.807, 2.05) is 13.8 Å². The average molecular weight is 217 g/mol. The van der Waals surface area contributed by atoms with Gasteiger partial charge in [-0.05, 0) is 12.8 Å². The zero-order chi connectivity index (χ0) is 11.2. The smallest absolute Gasteiger partial charge is 0.154 e. The van der Waals surface area contributed by atoms with Crippen LogP contribution in [0.2, 0.25) is 0 Å². The Labute approximate surface area is 87.2 Å². The van der Waals surface area contributed by atoms with E-state index in [0.717, 1.165) is 0 Å². The predicted molar refractivity (Wildman–Crippen MR) is 59.8 cm³/mol. The maximum Gasteiger partial charge on any atom is 0.154 e. The SMILES string of the molecule is C#CCNCCS(=O)(=O)C(C)C(C)C. The van der Waals surface area contributed by atoms with Gasteiger partial charge in [0.05, 0.1) is 17.5 Å². The predicted octanol–water partition coefficient (Wildman–Crippen LogP) is 0.668. The van der Waals surface area contributed by atoms with Crippen molar-refractivity contribution in [1.82, 2.24) is 5.32 Å². The van der Waals surface area contributed by atoms with Gasteiger partial charge < -0.3 is 5.32 Å². The van der Waals surface area contributed by atoms with Gasteiger partial charge >= 0.3 is 0 Å². The highest BCUT2D eigenvalue weighted by atomic mass is 32.2. The Morgan fingerprint density at radius 2 is 1.93 bits per heavy atom. The highest BCUT2D eigenvalue weighted by Gasteiger charge is 2.22. The summed E-state index contributed by atoms with van der Waals surface area (Å²) in [6.07, 6.45) is 5.02. The zero-order valence-electron chi connectivity index (χ0n) is 9.08. The summed E-state index contributed by atoms with van der Waals surface area (Å²) < 4.78 is 23.3. The monoisotopic (exact) mass is 217 g/mol. The molecular weight excluding hydrogens is 198 g/mol. The third-order valence-electron chi connectivity index (χ3n) is 2.30. The molecule has 0 aliphatic rings. The van der Waals surface area contributed by atoms with Gasteiger partial charge in [-0.15, -0.1) is 6.42 Å². The Kier molecular flexibility index (Phi) is 5.82. The molecule has 82 valence electrons. The van der Waals surface area contributed by atoms with Crippen LogP contribution in [0.4, 0.5) is 0 Å². The Bertz CT molecular complexity index is 288. The van der Waals surface area contributed by atoms with Crippen molar-refractivity contribution in [1.29, 1.82) is 0 Å². The van der Waals surface area contributed by atoms with Crippen molar-refractivity contribution in [2.45, 2.75) is 26.0 Å². The molecule has 0 saturated carbocycles. The Balaban J connectivity index is 4.04. The van der Waals surface area contributed by atoms with Crippen LogP contribution in [0.15, 0.2) is 0 Å². The Morgan fingerprint density at radius 1 is 1.36 bits per heavy atom. The molecule has 0 spiro atoms. The van der Waals surface area contributed by atoms with Gasteiger partial charge in [-0.3, -0.25) is 0 Å². The molecule has 4 heteroatoms. The van der Waals surface area contributed by atoms with Crippen LogP contribution in [0.1, 0.15) is 20.8 Å². The number of sulfone groups is 1. The minimum absolute atomic E-state index is 0.160.